The van der Waals surface area contributed by atoms with Crippen LogP contribution in [0.15, 0.2) is 18.2 Å². The highest BCUT2D eigenvalue weighted by atomic mass is 35.5. The Morgan fingerprint density at radius 2 is 2.06 bits per heavy atom. The van der Waals surface area contributed by atoms with E-state index in [1.165, 1.54) is 13.2 Å². The quantitative estimate of drug-likeness (QED) is 0.899. The van der Waals surface area contributed by atoms with E-state index in [9.17, 15) is 13.2 Å². The molecule has 0 radical (unpaired) electrons. The minimum atomic E-state index is -4.33. The van der Waals surface area contributed by atoms with Crippen molar-refractivity contribution in [1.82, 2.24) is 5.32 Å². The Kier molecular flexibility index (Phi) is 4.87. The minimum Gasteiger partial charge on any atom is -0.496 e. The van der Waals surface area contributed by atoms with Crippen LogP contribution in [-0.2, 0) is 6.18 Å². The summed E-state index contributed by atoms with van der Waals surface area (Å²) < 4.78 is 43.9. The van der Waals surface area contributed by atoms with E-state index in [2.05, 4.69) is 5.32 Å². The standard InChI is InChI=1S/C12H14F3NO.ClH/c1-17-10-4-2-3-9(12(13,14)15)11(10)8-5-6-16-7-8;/h2-4,8,16H,5-7H2,1H3;1H. The molecule has 1 aliphatic rings. The summed E-state index contributed by atoms with van der Waals surface area (Å²) in [6.45, 7) is 1.32. The zero-order valence-electron chi connectivity index (χ0n) is 9.88. The van der Waals surface area contributed by atoms with Gasteiger partial charge in [-0.3, -0.25) is 0 Å². The van der Waals surface area contributed by atoms with Crippen LogP contribution in [0.5, 0.6) is 5.75 Å². The summed E-state index contributed by atoms with van der Waals surface area (Å²) in [6, 6.07) is 4.09. The topological polar surface area (TPSA) is 21.3 Å². The average molecular weight is 282 g/mol. The summed E-state index contributed by atoms with van der Waals surface area (Å²) in [5, 5.41) is 3.08. The van der Waals surface area contributed by atoms with Crippen molar-refractivity contribution in [3.8, 4) is 5.75 Å². The third-order valence-corrected chi connectivity index (χ3v) is 3.06. The number of nitrogens with one attached hydrogen (secondary N) is 1. The third kappa shape index (κ3) is 2.90. The summed E-state index contributed by atoms with van der Waals surface area (Å²) in [4.78, 5) is 0. The van der Waals surface area contributed by atoms with Gasteiger partial charge in [-0.1, -0.05) is 6.07 Å². The van der Waals surface area contributed by atoms with E-state index in [0.29, 0.717) is 18.7 Å². The van der Waals surface area contributed by atoms with Crippen LogP contribution >= 0.6 is 12.4 Å². The first-order valence-corrected chi connectivity index (χ1v) is 5.49. The lowest BCUT2D eigenvalue weighted by molar-refractivity contribution is -0.138. The van der Waals surface area contributed by atoms with E-state index < -0.39 is 11.7 Å². The molecule has 6 heteroatoms. The zero-order chi connectivity index (χ0) is 12.5. The second kappa shape index (κ2) is 5.80. The molecule has 0 bridgehead atoms. The lowest BCUT2D eigenvalue weighted by Crippen LogP contribution is -2.15. The molecule has 0 spiro atoms. The summed E-state index contributed by atoms with van der Waals surface area (Å²) >= 11 is 0. The molecule has 2 nitrogen and oxygen atoms in total. The smallest absolute Gasteiger partial charge is 0.416 e. The number of rotatable bonds is 2. The van der Waals surface area contributed by atoms with E-state index in [0.717, 1.165) is 12.6 Å². The van der Waals surface area contributed by atoms with Crippen LogP contribution in [0.1, 0.15) is 23.5 Å². The van der Waals surface area contributed by atoms with E-state index in [1.54, 1.807) is 6.07 Å². The van der Waals surface area contributed by atoms with E-state index in [1.807, 2.05) is 0 Å². The zero-order valence-corrected chi connectivity index (χ0v) is 10.7. The van der Waals surface area contributed by atoms with Crippen molar-refractivity contribution in [2.75, 3.05) is 20.2 Å². The number of hydrogen-bond donors (Lipinski definition) is 1. The van der Waals surface area contributed by atoms with Crippen molar-refractivity contribution < 1.29 is 17.9 Å². The Balaban J connectivity index is 0.00000162. The second-order valence-corrected chi connectivity index (χ2v) is 4.11. The SMILES string of the molecule is COc1cccc(C(F)(F)F)c1C1CCNC1.Cl. The van der Waals surface area contributed by atoms with Gasteiger partial charge >= 0.3 is 6.18 Å². The largest absolute Gasteiger partial charge is 0.496 e. The van der Waals surface area contributed by atoms with Crippen molar-refractivity contribution >= 4 is 12.4 Å². The van der Waals surface area contributed by atoms with Gasteiger partial charge in [0.05, 0.1) is 12.7 Å². The molecule has 0 aliphatic carbocycles. The predicted octanol–water partition coefficient (Wildman–Crippen LogP) is 3.21. The normalized spacial score (nSPS) is 19.4. The minimum absolute atomic E-state index is 0. The molecular formula is C12H15ClF3NO. The summed E-state index contributed by atoms with van der Waals surface area (Å²) in [5.74, 6) is 0.205. The Morgan fingerprint density at radius 1 is 1.33 bits per heavy atom. The van der Waals surface area contributed by atoms with Crippen molar-refractivity contribution in [2.45, 2.75) is 18.5 Å². The Bertz CT molecular complexity index is 403. The highest BCUT2D eigenvalue weighted by Crippen LogP contribution is 2.41. The number of benzene rings is 1. The molecule has 2 rings (SSSR count). The van der Waals surface area contributed by atoms with Crippen LogP contribution in [-0.4, -0.2) is 20.2 Å². The molecule has 1 aromatic carbocycles. The maximum atomic E-state index is 12.9. The van der Waals surface area contributed by atoms with Crippen molar-refractivity contribution in [3.05, 3.63) is 29.3 Å². The van der Waals surface area contributed by atoms with Gasteiger partial charge in [0.25, 0.3) is 0 Å². The fraction of sp³-hybridized carbons (Fsp3) is 0.500. The highest BCUT2D eigenvalue weighted by Gasteiger charge is 2.37. The number of alkyl halides is 3. The molecule has 0 saturated carbocycles. The Labute approximate surface area is 110 Å². The van der Waals surface area contributed by atoms with Crippen LogP contribution in [0.3, 0.4) is 0 Å². The van der Waals surface area contributed by atoms with Crippen molar-refractivity contribution in [1.29, 1.82) is 0 Å². The second-order valence-electron chi connectivity index (χ2n) is 4.11. The molecule has 1 aliphatic heterocycles. The number of methoxy groups -OCH3 is 1. The molecule has 0 aromatic heterocycles. The van der Waals surface area contributed by atoms with Crippen LogP contribution in [0.25, 0.3) is 0 Å². The average Bonchev–Trinajstić information content (AvgIpc) is 2.80. The van der Waals surface area contributed by atoms with Gasteiger partial charge in [-0.2, -0.15) is 13.2 Å². The fourth-order valence-corrected chi connectivity index (χ4v) is 2.29. The lowest BCUT2D eigenvalue weighted by Gasteiger charge is -2.20. The van der Waals surface area contributed by atoms with Gasteiger partial charge < -0.3 is 10.1 Å². The molecule has 0 amide bonds. The van der Waals surface area contributed by atoms with Gasteiger partial charge in [0.1, 0.15) is 5.75 Å². The number of ether oxygens (including phenoxy) is 1. The first kappa shape index (κ1) is 15.1. The van der Waals surface area contributed by atoms with Crippen LogP contribution in [0.4, 0.5) is 13.2 Å². The third-order valence-electron chi connectivity index (χ3n) is 3.06. The van der Waals surface area contributed by atoms with Gasteiger partial charge in [-0.25, -0.2) is 0 Å². The van der Waals surface area contributed by atoms with Gasteiger partial charge in [0.15, 0.2) is 0 Å². The summed E-state index contributed by atoms with van der Waals surface area (Å²) in [6.07, 6.45) is -3.62. The van der Waals surface area contributed by atoms with E-state index >= 15 is 0 Å². The molecular weight excluding hydrogens is 267 g/mol. The van der Waals surface area contributed by atoms with Gasteiger partial charge in [0.2, 0.25) is 0 Å². The van der Waals surface area contributed by atoms with Crippen molar-refractivity contribution in [2.24, 2.45) is 0 Å². The highest BCUT2D eigenvalue weighted by molar-refractivity contribution is 5.85. The molecule has 1 N–H and O–H groups in total. The first-order valence-electron chi connectivity index (χ1n) is 5.49. The monoisotopic (exact) mass is 281 g/mol. The molecule has 1 heterocycles. The fourth-order valence-electron chi connectivity index (χ4n) is 2.29. The maximum Gasteiger partial charge on any atom is 0.416 e. The summed E-state index contributed by atoms with van der Waals surface area (Å²) in [5.41, 5.74) is -0.293. The predicted molar refractivity (Wildman–Crippen MR) is 65.5 cm³/mol. The molecule has 1 unspecified atom stereocenters. The maximum absolute atomic E-state index is 12.9. The van der Waals surface area contributed by atoms with Crippen LogP contribution in [0.2, 0.25) is 0 Å². The molecule has 102 valence electrons. The van der Waals surface area contributed by atoms with Crippen LogP contribution < -0.4 is 10.1 Å². The molecule has 1 atom stereocenters. The number of hydrogen-bond acceptors (Lipinski definition) is 2. The van der Waals surface area contributed by atoms with E-state index in [4.69, 9.17) is 4.74 Å². The van der Waals surface area contributed by atoms with Gasteiger partial charge in [0, 0.05) is 18.0 Å². The first-order chi connectivity index (χ1) is 8.04. The summed E-state index contributed by atoms with van der Waals surface area (Å²) in [7, 11) is 1.40. The van der Waals surface area contributed by atoms with Gasteiger partial charge in [-0.05, 0) is 25.1 Å². The van der Waals surface area contributed by atoms with Crippen LogP contribution in [0, 0.1) is 0 Å². The Hall–Kier alpha value is -0.940. The van der Waals surface area contributed by atoms with Crippen molar-refractivity contribution in [3.63, 3.8) is 0 Å². The Morgan fingerprint density at radius 3 is 2.56 bits per heavy atom. The molecule has 1 saturated heterocycles. The molecule has 18 heavy (non-hydrogen) atoms. The van der Waals surface area contributed by atoms with Gasteiger partial charge in [-0.15, -0.1) is 12.4 Å². The lowest BCUT2D eigenvalue weighted by atomic mass is 9.92. The molecule has 1 aromatic rings. The number of halogens is 4. The van der Waals surface area contributed by atoms with E-state index in [-0.39, 0.29) is 23.9 Å². The molecule has 1 fully saturated rings.